The summed E-state index contributed by atoms with van der Waals surface area (Å²) < 4.78 is 0.971. The van der Waals surface area contributed by atoms with E-state index >= 15 is 0 Å². The quantitative estimate of drug-likeness (QED) is 0.752. The Balaban J connectivity index is 1.94. The third kappa shape index (κ3) is 3.46. The SMILES string of the molecule is Cc1cc(Br)c(N)c(CNC2CCC(O)CC2)c1. The van der Waals surface area contributed by atoms with Gasteiger partial charge in [-0.3, -0.25) is 0 Å². The van der Waals surface area contributed by atoms with Crippen LogP contribution in [0.4, 0.5) is 5.69 Å². The van der Waals surface area contributed by atoms with E-state index in [4.69, 9.17) is 5.73 Å². The molecule has 1 aliphatic rings. The Morgan fingerprint density at radius 1 is 1.33 bits per heavy atom. The van der Waals surface area contributed by atoms with Crippen molar-refractivity contribution in [1.29, 1.82) is 0 Å². The van der Waals surface area contributed by atoms with E-state index in [1.165, 1.54) is 5.56 Å². The summed E-state index contributed by atoms with van der Waals surface area (Å²) in [4.78, 5) is 0. The number of nitrogens with one attached hydrogen (secondary N) is 1. The predicted molar refractivity (Wildman–Crippen MR) is 78.4 cm³/mol. The monoisotopic (exact) mass is 312 g/mol. The molecular formula is C14H21BrN2O. The van der Waals surface area contributed by atoms with Crippen molar-refractivity contribution in [1.82, 2.24) is 5.32 Å². The van der Waals surface area contributed by atoms with E-state index in [0.717, 1.165) is 48.0 Å². The van der Waals surface area contributed by atoms with Crippen LogP contribution in [-0.2, 0) is 6.54 Å². The Kier molecular flexibility index (Phi) is 4.65. The molecule has 100 valence electrons. The molecule has 1 saturated carbocycles. The molecule has 4 heteroatoms. The molecule has 0 unspecified atom stereocenters. The van der Waals surface area contributed by atoms with Crippen LogP contribution < -0.4 is 11.1 Å². The predicted octanol–water partition coefficient (Wildman–Crippen LogP) is 2.73. The van der Waals surface area contributed by atoms with Crippen LogP contribution >= 0.6 is 15.9 Å². The van der Waals surface area contributed by atoms with Crippen molar-refractivity contribution in [3.63, 3.8) is 0 Å². The van der Waals surface area contributed by atoms with Gasteiger partial charge in [0, 0.05) is 17.1 Å². The maximum absolute atomic E-state index is 9.48. The number of halogens is 1. The lowest BCUT2D eigenvalue weighted by Gasteiger charge is -2.26. The number of aryl methyl sites for hydroxylation is 1. The van der Waals surface area contributed by atoms with Gasteiger partial charge in [-0.15, -0.1) is 0 Å². The minimum absolute atomic E-state index is 0.0961. The van der Waals surface area contributed by atoms with Crippen LogP contribution in [0.25, 0.3) is 0 Å². The number of aliphatic hydroxyl groups excluding tert-OH is 1. The molecule has 1 fully saturated rings. The van der Waals surface area contributed by atoms with Gasteiger partial charge < -0.3 is 16.2 Å². The van der Waals surface area contributed by atoms with Crippen LogP contribution in [0, 0.1) is 6.92 Å². The fourth-order valence-electron chi connectivity index (χ4n) is 2.51. The zero-order valence-electron chi connectivity index (χ0n) is 10.7. The van der Waals surface area contributed by atoms with E-state index < -0.39 is 0 Å². The van der Waals surface area contributed by atoms with Gasteiger partial charge in [-0.2, -0.15) is 0 Å². The number of aliphatic hydroxyl groups is 1. The highest BCUT2D eigenvalue weighted by Gasteiger charge is 2.19. The molecule has 18 heavy (non-hydrogen) atoms. The van der Waals surface area contributed by atoms with Crippen molar-refractivity contribution in [2.24, 2.45) is 0 Å². The number of nitrogens with two attached hydrogens (primary N) is 1. The average molecular weight is 313 g/mol. The average Bonchev–Trinajstić information content (AvgIpc) is 2.34. The Morgan fingerprint density at radius 3 is 2.67 bits per heavy atom. The first-order chi connectivity index (χ1) is 8.56. The second kappa shape index (κ2) is 6.04. The van der Waals surface area contributed by atoms with Crippen molar-refractivity contribution in [2.75, 3.05) is 5.73 Å². The van der Waals surface area contributed by atoms with Gasteiger partial charge in [0.25, 0.3) is 0 Å². The molecule has 1 aromatic rings. The van der Waals surface area contributed by atoms with E-state index in [9.17, 15) is 5.11 Å². The van der Waals surface area contributed by atoms with Crippen LogP contribution in [0.3, 0.4) is 0 Å². The summed E-state index contributed by atoms with van der Waals surface area (Å²) >= 11 is 3.48. The molecule has 0 aromatic heterocycles. The van der Waals surface area contributed by atoms with Gasteiger partial charge in [-0.05, 0) is 65.7 Å². The van der Waals surface area contributed by atoms with Crippen molar-refractivity contribution in [3.8, 4) is 0 Å². The highest BCUT2D eigenvalue weighted by Crippen LogP contribution is 2.26. The van der Waals surface area contributed by atoms with Gasteiger partial charge >= 0.3 is 0 Å². The van der Waals surface area contributed by atoms with Crippen LogP contribution in [0.2, 0.25) is 0 Å². The molecule has 0 spiro atoms. The second-order valence-corrected chi connectivity index (χ2v) is 6.06. The van der Waals surface area contributed by atoms with Gasteiger partial charge in [0.1, 0.15) is 0 Å². The minimum atomic E-state index is -0.0961. The van der Waals surface area contributed by atoms with Gasteiger partial charge in [0.15, 0.2) is 0 Å². The highest BCUT2D eigenvalue weighted by molar-refractivity contribution is 9.10. The summed E-state index contributed by atoms with van der Waals surface area (Å²) in [5, 5.41) is 13.0. The Labute approximate surface area is 117 Å². The molecule has 1 aromatic carbocycles. The molecule has 1 aliphatic carbocycles. The highest BCUT2D eigenvalue weighted by atomic mass is 79.9. The summed E-state index contributed by atoms with van der Waals surface area (Å²) in [6.45, 7) is 2.87. The molecular weight excluding hydrogens is 292 g/mol. The van der Waals surface area contributed by atoms with Crippen molar-refractivity contribution >= 4 is 21.6 Å². The molecule has 3 nitrogen and oxygen atoms in total. The smallest absolute Gasteiger partial charge is 0.0541 e. The molecule has 0 heterocycles. The van der Waals surface area contributed by atoms with Crippen molar-refractivity contribution in [2.45, 2.75) is 51.3 Å². The topological polar surface area (TPSA) is 58.3 Å². The standard InChI is InChI=1S/C14H21BrN2O/c1-9-6-10(14(16)13(15)7-9)8-17-11-2-4-12(18)5-3-11/h6-7,11-12,17-18H,2-5,8,16H2,1H3. The largest absolute Gasteiger partial charge is 0.398 e. The Morgan fingerprint density at radius 2 is 2.00 bits per heavy atom. The summed E-state index contributed by atoms with van der Waals surface area (Å²) in [6.07, 6.45) is 3.82. The number of anilines is 1. The summed E-state index contributed by atoms with van der Waals surface area (Å²) in [7, 11) is 0. The fourth-order valence-corrected chi connectivity index (χ4v) is 3.12. The Hall–Kier alpha value is -0.580. The third-order valence-electron chi connectivity index (χ3n) is 3.64. The molecule has 0 radical (unpaired) electrons. The first-order valence-electron chi connectivity index (χ1n) is 6.52. The lowest BCUT2D eigenvalue weighted by atomic mass is 9.93. The van der Waals surface area contributed by atoms with Gasteiger partial charge in [0.05, 0.1) is 11.8 Å². The number of nitrogen functional groups attached to an aromatic ring is 1. The normalized spacial score (nSPS) is 24.2. The van der Waals surface area contributed by atoms with Crippen LogP contribution in [0.15, 0.2) is 16.6 Å². The van der Waals surface area contributed by atoms with E-state index in [0.29, 0.717) is 6.04 Å². The third-order valence-corrected chi connectivity index (χ3v) is 4.29. The lowest BCUT2D eigenvalue weighted by molar-refractivity contribution is 0.116. The van der Waals surface area contributed by atoms with E-state index in [2.05, 4.69) is 34.2 Å². The van der Waals surface area contributed by atoms with E-state index in [-0.39, 0.29) is 6.10 Å². The zero-order chi connectivity index (χ0) is 13.1. The zero-order valence-corrected chi connectivity index (χ0v) is 12.3. The van der Waals surface area contributed by atoms with E-state index in [1.54, 1.807) is 0 Å². The number of benzene rings is 1. The number of hydrogen-bond acceptors (Lipinski definition) is 3. The Bertz CT molecular complexity index is 415. The first-order valence-corrected chi connectivity index (χ1v) is 7.31. The second-order valence-electron chi connectivity index (χ2n) is 5.21. The molecule has 4 N–H and O–H groups in total. The molecule has 2 rings (SSSR count). The summed E-state index contributed by atoms with van der Waals surface area (Å²) in [6, 6.07) is 4.67. The maximum atomic E-state index is 9.48. The lowest BCUT2D eigenvalue weighted by Crippen LogP contribution is -2.34. The molecule has 0 bridgehead atoms. The van der Waals surface area contributed by atoms with Crippen molar-refractivity contribution < 1.29 is 5.11 Å². The minimum Gasteiger partial charge on any atom is -0.398 e. The number of hydrogen-bond donors (Lipinski definition) is 3. The van der Waals surface area contributed by atoms with E-state index in [1.807, 2.05) is 6.07 Å². The molecule has 0 saturated heterocycles. The van der Waals surface area contributed by atoms with Crippen LogP contribution in [-0.4, -0.2) is 17.3 Å². The first kappa shape index (κ1) is 13.8. The number of rotatable bonds is 3. The van der Waals surface area contributed by atoms with Crippen LogP contribution in [0.5, 0.6) is 0 Å². The van der Waals surface area contributed by atoms with Crippen LogP contribution in [0.1, 0.15) is 36.8 Å². The summed E-state index contributed by atoms with van der Waals surface area (Å²) in [5.74, 6) is 0. The van der Waals surface area contributed by atoms with Gasteiger partial charge in [0.2, 0.25) is 0 Å². The molecule has 0 atom stereocenters. The van der Waals surface area contributed by atoms with Gasteiger partial charge in [-0.25, -0.2) is 0 Å². The fraction of sp³-hybridized carbons (Fsp3) is 0.571. The maximum Gasteiger partial charge on any atom is 0.0541 e. The van der Waals surface area contributed by atoms with Gasteiger partial charge in [-0.1, -0.05) is 6.07 Å². The molecule has 0 amide bonds. The molecule has 0 aliphatic heterocycles. The van der Waals surface area contributed by atoms with Crippen molar-refractivity contribution in [3.05, 3.63) is 27.7 Å². The summed E-state index contributed by atoms with van der Waals surface area (Å²) in [5.41, 5.74) is 9.25.